The molecule has 1 nitrogen and oxygen atoms in total. The maximum atomic E-state index is 11.0. The van der Waals surface area contributed by atoms with Gasteiger partial charge in [-0.3, -0.25) is 4.79 Å². The Balaban J connectivity index is 3.53. The van der Waals surface area contributed by atoms with Crippen molar-refractivity contribution in [1.29, 1.82) is 0 Å². The second-order valence-electron chi connectivity index (χ2n) is 2.25. The highest BCUT2D eigenvalue weighted by molar-refractivity contribution is 9.12. The molecule has 0 heterocycles. The van der Waals surface area contributed by atoms with Crippen molar-refractivity contribution in [2.75, 3.05) is 0 Å². The zero-order chi connectivity index (χ0) is 8.85. The van der Waals surface area contributed by atoms with Gasteiger partial charge in [-0.2, -0.15) is 0 Å². The van der Waals surface area contributed by atoms with Gasteiger partial charge in [0.2, 0.25) is 0 Å². The summed E-state index contributed by atoms with van der Waals surface area (Å²) < 4.78 is 1.61. The summed E-state index contributed by atoms with van der Waals surface area (Å²) in [6, 6.07) is 0. The molecule has 0 bridgehead atoms. The molecule has 0 rings (SSSR count). The Kier molecular flexibility index (Phi) is 5.78. The van der Waals surface area contributed by atoms with E-state index in [9.17, 15) is 4.79 Å². The van der Waals surface area contributed by atoms with E-state index in [-0.39, 0.29) is 5.78 Å². The average Bonchev–Trinajstić information content (AvgIpc) is 1.82. The summed E-state index contributed by atoms with van der Waals surface area (Å²) in [7, 11) is 0. The molecule has 0 fully saturated rings. The van der Waals surface area contributed by atoms with Crippen molar-refractivity contribution in [2.24, 2.45) is 0 Å². The molecule has 0 saturated heterocycles. The van der Waals surface area contributed by atoms with Gasteiger partial charge in [0.1, 0.15) is 5.78 Å². The van der Waals surface area contributed by atoms with Crippen LogP contribution in [-0.4, -0.2) is 5.78 Å². The predicted molar refractivity (Wildman–Crippen MR) is 55.0 cm³/mol. The van der Waals surface area contributed by atoms with Crippen LogP contribution in [-0.2, 0) is 4.79 Å². The summed E-state index contributed by atoms with van der Waals surface area (Å²) in [5.41, 5.74) is 0. The van der Waals surface area contributed by atoms with Crippen molar-refractivity contribution < 1.29 is 4.79 Å². The van der Waals surface area contributed by atoms with Crippen molar-refractivity contribution in [2.45, 2.75) is 19.3 Å². The molecule has 0 aromatic carbocycles. The number of ketones is 1. The van der Waals surface area contributed by atoms with E-state index >= 15 is 0 Å². The van der Waals surface area contributed by atoms with Crippen LogP contribution in [0.4, 0.5) is 0 Å². The van der Waals surface area contributed by atoms with Crippen LogP contribution in [0.5, 0.6) is 0 Å². The number of carbonyl (C=O) groups is 1. The third-order valence-electron chi connectivity index (χ3n) is 1.06. The molecule has 0 saturated carbocycles. The van der Waals surface area contributed by atoms with Gasteiger partial charge in [0.15, 0.2) is 0 Å². The number of halogens is 2. The number of carbonyl (C=O) groups excluding carboxylic acids is 1. The first kappa shape index (κ1) is 11.1. The van der Waals surface area contributed by atoms with Crippen LogP contribution in [0, 0.1) is 0 Å². The lowest BCUT2D eigenvalue weighted by atomic mass is 10.2. The molecule has 3 heteroatoms. The lowest BCUT2D eigenvalue weighted by Gasteiger charge is -1.97. The SMILES string of the molecule is C=C(Br)CCC(=O)CC(=C)Br. The summed E-state index contributed by atoms with van der Waals surface area (Å²) in [4.78, 5) is 11.0. The van der Waals surface area contributed by atoms with Gasteiger partial charge >= 0.3 is 0 Å². The second-order valence-corrected chi connectivity index (χ2v) is 4.49. The van der Waals surface area contributed by atoms with Gasteiger partial charge < -0.3 is 0 Å². The highest BCUT2D eigenvalue weighted by Crippen LogP contribution is 2.14. The maximum absolute atomic E-state index is 11.0. The van der Waals surface area contributed by atoms with Gasteiger partial charge in [-0.05, 0) is 15.4 Å². The highest BCUT2D eigenvalue weighted by Gasteiger charge is 2.02. The van der Waals surface area contributed by atoms with E-state index in [1.54, 1.807) is 0 Å². The van der Waals surface area contributed by atoms with Crippen LogP contribution in [0.3, 0.4) is 0 Å². The van der Waals surface area contributed by atoms with E-state index in [0.29, 0.717) is 19.3 Å². The average molecular weight is 282 g/mol. The fraction of sp³-hybridized carbons (Fsp3) is 0.375. The fourth-order valence-electron chi connectivity index (χ4n) is 0.577. The third kappa shape index (κ3) is 8.01. The van der Waals surface area contributed by atoms with E-state index in [0.717, 1.165) is 8.96 Å². The molecule has 0 unspecified atom stereocenters. The van der Waals surface area contributed by atoms with Crippen molar-refractivity contribution >= 4 is 37.6 Å². The number of Topliss-reactive ketones (excluding diaryl/α,β-unsaturated/α-hetero) is 1. The van der Waals surface area contributed by atoms with Crippen molar-refractivity contribution in [3.05, 3.63) is 22.1 Å². The van der Waals surface area contributed by atoms with Crippen LogP contribution < -0.4 is 0 Å². The largest absolute Gasteiger partial charge is 0.299 e. The minimum Gasteiger partial charge on any atom is -0.299 e. The molecule has 0 aliphatic rings. The number of rotatable bonds is 5. The van der Waals surface area contributed by atoms with Crippen LogP contribution >= 0.6 is 31.9 Å². The van der Waals surface area contributed by atoms with E-state index in [1.165, 1.54) is 0 Å². The van der Waals surface area contributed by atoms with Gasteiger partial charge in [0.05, 0.1) is 0 Å². The van der Waals surface area contributed by atoms with Crippen molar-refractivity contribution in [3.8, 4) is 0 Å². The predicted octanol–water partition coefficient (Wildman–Crippen LogP) is 3.54. The first-order valence-electron chi connectivity index (χ1n) is 3.20. The monoisotopic (exact) mass is 280 g/mol. The van der Waals surface area contributed by atoms with E-state index in [2.05, 4.69) is 45.0 Å². The zero-order valence-electron chi connectivity index (χ0n) is 6.20. The minimum atomic E-state index is 0.187. The Bertz CT molecular complexity index is 185. The quantitative estimate of drug-likeness (QED) is 0.753. The Labute approximate surface area is 83.8 Å². The molecule has 0 radical (unpaired) electrons. The Morgan fingerprint density at radius 1 is 1.09 bits per heavy atom. The normalized spacial score (nSPS) is 9.27. The van der Waals surface area contributed by atoms with Gasteiger partial charge in [0.25, 0.3) is 0 Å². The molecule has 0 amide bonds. The van der Waals surface area contributed by atoms with Crippen LogP contribution in [0.15, 0.2) is 22.1 Å². The summed E-state index contributed by atoms with van der Waals surface area (Å²) in [5.74, 6) is 0.187. The van der Waals surface area contributed by atoms with E-state index < -0.39 is 0 Å². The zero-order valence-corrected chi connectivity index (χ0v) is 9.37. The van der Waals surface area contributed by atoms with Gasteiger partial charge in [-0.25, -0.2) is 0 Å². The van der Waals surface area contributed by atoms with Crippen molar-refractivity contribution in [1.82, 2.24) is 0 Å². The first-order chi connectivity index (χ1) is 5.02. The number of allylic oxidation sites excluding steroid dienone is 2. The minimum absolute atomic E-state index is 0.187. The summed E-state index contributed by atoms with van der Waals surface area (Å²) in [5, 5.41) is 0. The summed E-state index contributed by atoms with van der Waals surface area (Å²) in [6.45, 7) is 7.22. The van der Waals surface area contributed by atoms with Gasteiger partial charge in [0, 0.05) is 12.8 Å². The molecule has 11 heavy (non-hydrogen) atoms. The fourth-order valence-corrected chi connectivity index (χ4v) is 1.09. The maximum Gasteiger partial charge on any atom is 0.138 e. The first-order valence-corrected chi connectivity index (χ1v) is 4.79. The molecular formula is C8H10Br2O. The topological polar surface area (TPSA) is 17.1 Å². The Morgan fingerprint density at radius 2 is 1.64 bits per heavy atom. The van der Waals surface area contributed by atoms with E-state index in [4.69, 9.17) is 0 Å². The molecule has 0 aliphatic heterocycles. The highest BCUT2D eigenvalue weighted by atomic mass is 79.9. The third-order valence-corrected chi connectivity index (χ3v) is 1.74. The standard InChI is InChI=1S/C8H10Br2O/c1-6(9)3-4-8(11)5-7(2)10/h1-5H2. The molecule has 62 valence electrons. The Hall–Kier alpha value is 0.110. The van der Waals surface area contributed by atoms with Crippen molar-refractivity contribution in [3.63, 3.8) is 0 Å². The number of hydrogen-bond acceptors (Lipinski definition) is 1. The summed E-state index contributed by atoms with van der Waals surface area (Å²) in [6.07, 6.45) is 1.66. The molecule has 0 aromatic rings. The molecular weight excluding hydrogens is 272 g/mol. The van der Waals surface area contributed by atoms with Crippen LogP contribution in [0.2, 0.25) is 0 Å². The van der Waals surface area contributed by atoms with Crippen LogP contribution in [0.1, 0.15) is 19.3 Å². The lowest BCUT2D eigenvalue weighted by Crippen LogP contribution is -1.96. The van der Waals surface area contributed by atoms with E-state index in [1.807, 2.05) is 0 Å². The lowest BCUT2D eigenvalue weighted by molar-refractivity contribution is -0.118. The van der Waals surface area contributed by atoms with Gasteiger partial charge in [-0.15, -0.1) is 0 Å². The molecule has 0 N–H and O–H groups in total. The molecule has 0 atom stereocenters. The number of hydrogen-bond donors (Lipinski definition) is 0. The van der Waals surface area contributed by atoms with Crippen LogP contribution in [0.25, 0.3) is 0 Å². The summed E-state index contributed by atoms with van der Waals surface area (Å²) >= 11 is 6.32. The smallest absolute Gasteiger partial charge is 0.138 e. The molecule has 0 aliphatic carbocycles. The molecule has 0 aromatic heterocycles. The Morgan fingerprint density at radius 3 is 2.00 bits per heavy atom. The molecule has 0 spiro atoms. The van der Waals surface area contributed by atoms with Gasteiger partial charge in [-0.1, -0.05) is 45.0 Å². The second kappa shape index (κ2) is 5.72.